The molecule has 0 fully saturated rings. The Morgan fingerprint density at radius 2 is 2.04 bits per heavy atom. The predicted octanol–water partition coefficient (Wildman–Crippen LogP) is 2.04. The van der Waals surface area contributed by atoms with Crippen LogP contribution < -0.4 is 4.73 Å². The number of fused-ring (bicyclic) bond motifs is 1. The minimum absolute atomic E-state index is 0.0764. The van der Waals surface area contributed by atoms with Gasteiger partial charge in [-0.25, -0.2) is 0 Å². The first-order chi connectivity index (χ1) is 10.8. The molecule has 23 heavy (non-hydrogen) atoms. The van der Waals surface area contributed by atoms with Crippen molar-refractivity contribution in [3.8, 4) is 6.07 Å². The SMILES string of the molecule is CC1(C)CC(O)(c2cccc[n+]2[O-])c2cc(C#N)ccc2C1=O. The smallest absolute Gasteiger partial charge is 0.229 e. The van der Waals surface area contributed by atoms with Crippen LogP contribution in [0, 0.1) is 22.0 Å². The second-order valence-electron chi connectivity index (χ2n) is 6.53. The van der Waals surface area contributed by atoms with E-state index in [1.165, 1.54) is 12.3 Å². The topological polar surface area (TPSA) is 88.0 Å². The second kappa shape index (κ2) is 4.90. The van der Waals surface area contributed by atoms with Crippen molar-refractivity contribution in [3.05, 3.63) is 70.2 Å². The van der Waals surface area contributed by atoms with Crippen molar-refractivity contribution in [2.24, 2.45) is 5.41 Å². The number of pyridine rings is 1. The largest absolute Gasteiger partial charge is 0.618 e. The van der Waals surface area contributed by atoms with Gasteiger partial charge in [0, 0.05) is 35.1 Å². The lowest BCUT2D eigenvalue weighted by molar-refractivity contribution is -0.622. The van der Waals surface area contributed by atoms with Crippen molar-refractivity contribution >= 4 is 5.78 Å². The van der Waals surface area contributed by atoms with Gasteiger partial charge in [-0.15, -0.1) is 0 Å². The molecule has 5 nitrogen and oxygen atoms in total. The van der Waals surface area contributed by atoms with Gasteiger partial charge in [-0.3, -0.25) is 4.79 Å². The molecule has 0 saturated heterocycles. The van der Waals surface area contributed by atoms with Crippen LogP contribution in [0.15, 0.2) is 42.6 Å². The minimum atomic E-state index is -1.62. The average molecular weight is 308 g/mol. The molecule has 5 heteroatoms. The molecule has 1 atom stereocenters. The molecule has 0 amide bonds. The fourth-order valence-corrected chi connectivity index (χ4v) is 3.31. The Morgan fingerprint density at radius 3 is 2.70 bits per heavy atom. The van der Waals surface area contributed by atoms with Crippen LogP contribution in [0.25, 0.3) is 0 Å². The minimum Gasteiger partial charge on any atom is -0.618 e. The average Bonchev–Trinajstić information content (AvgIpc) is 2.52. The van der Waals surface area contributed by atoms with Crippen LogP contribution in [-0.4, -0.2) is 10.9 Å². The van der Waals surface area contributed by atoms with E-state index in [1.807, 2.05) is 6.07 Å². The number of carbonyl (C=O) groups excluding carboxylic acids is 1. The first-order valence-electron chi connectivity index (χ1n) is 7.30. The van der Waals surface area contributed by atoms with Gasteiger partial charge in [0.05, 0.1) is 11.6 Å². The highest BCUT2D eigenvalue weighted by Crippen LogP contribution is 2.47. The number of aromatic nitrogens is 1. The summed E-state index contributed by atoms with van der Waals surface area (Å²) in [6.07, 6.45) is 1.39. The molecule has 1 aromatic carbocycles. The van der Waals surface area contributed by atoms with Gasteiger partial charge in [0.15, 0.2) is 17.6 Å². The lowest BCUT2D eigenvalue weighted by Crippen LogP contribution is -2.50. The summed E-state index contributed by atoms with van der Waals surface area (Å²) in [7, 11) is 0. The van der Waals surface area contributed by atoms with E-state index in [4.69, 9.17) is 5.26 Å². The van der Waals surface area contributed by atoms with Crippen LogP contribution in [-0.2, 0) is 5.60 Å². The van der Waals surface area contributed by atoms with Gasteiger partial charge < -0.3 is 10.3 Å². The summed E-state index contributed by atoms with van der Waals surface area (Å²) in [5, 5.41) is 32.7. The molecule has 0 saturated carbocycles. The van der Waals surface area contributed by atoms with Crippen molar-refractivity contribution in [1.29, 1.82) is 5.26 Å². The molecule has 0 spiro atoms. The van der Waals surface area contributed by atoms with Crippen LogP contribution in [0.4, 0.5) is 0 Å². The molecule has 0 aliphatic heterocycles. The van der Waals surface area contributed by atoms with Crippen molar-refractivity contribution in [1.82, 2.24) is 0 Å². The van der Waals surface area contributed by atoms with E-state index in [9.17, 15) is 15.1 Å². The summed E-state index contributed by atoms with van der Waals surface area (Å²) >= 11 is 0. The molecule has 0 radical (unpaired) electrons. The number of nitriles is 1. The maximum Gasteiger partial charge on any atom is 0.229 e. The third-order valence-electron chi connectivity index (χ3n) is 4.40. The van der Waals surface area contributed by atoms with Crippen LogP contribution in [0.3, 0.4) is 0 Å². The fraction of sp³-hybridized carbons (Fsp3) is 0.278. The molecule has 1 unspecified atom stereocenters. The van der Waals surface area contributed by atoms with Crippen molar-refractivity contribution in [2.75, 3.05) is 0 Å². The normalized spacial score (nSPS) is 22.3. The molecule has 1 N–H and O–H groups in total. The van der Waals surface area contributed by atoms with Gasteiger partial charge >= 0.3 is 0 Å². The van der Waals surface area contributed by atoms with E-state index in [-0.39, 0.29) is 17.9 Å². The molecule has 1 heterocycles. The molecule has 116 valence electrons. The molecule has 2 aromatic rings. The number of benzene rings is 1. The van der Waals surface area contributed by atoms with E-state index in [0.29, 0.717) is 21.4 Å². The number of hydrogen-bond acceptors (Lipinski definition) is 4. The fourth-order valence-electron chi connectivity index (χ4n) is 3.31. The lowest BCUT2D eigenvalue weighted by atomic mass is 9.64. The highest BCUT2D eigenvalue weighted by Gasteiger charge is 2.52. The summed E-state index contributed by atoms with van der Waals surface area (Å²) in [6.45, 7) is 3.50. The molecule has 3 rings (SSSR count). The second-order valence-corrected chi connectivity index (χ2v) is 6.53. The van der Waals surface area contributed by atoms with Gasteiger partial charge in [-0.1, -0.05) is 13.8 Å². The van der Waals surface area contributed by atoms with Crippen molar-refractivity contribution < 1.29 is 14.6 Å². The van der Waals surface area contributed by atoms with Crippen LogP contribution in [0.1, 0.15) is 47.4 Å². The first-order valence-corrected chi connectivity index (χ1v) is 7.30. The van der Waals surface area contributed by atoms with E-state index in [2.05, 4.69) is 0 Å². The Labute approximate surface area is 134 Å². The zero-order valence-corrected chi connectivity index (χ0v) is 12.9. The Morgan fingerprint density at radius 1 is 1.30 bits per heavy atom. The zero-order valence-electron chi connectivity index (χ0n) is 12.9. The van der Waals surface area contributed by atoms with Crippen LogP contribution in [0.2, 0.25) is 0 Å². The van der Waals surface area contributed by atoms with E-state index < -0.39 is 11.0 Å². The summed E-state index contributed by atoms with van der Waals surface area (Å²) in [4.78, 5) is 12.7. The first kappa shape index (κ1) is 15.2. The van der Waals surface area contributed by atoms with Crippen LogP contribution >= 0.6 is 0 Å². The molecular weight excluding hydrogens is 292 g/mol. The Balaban J connectivity index is 2.34. The molecule has 1 aliphatic rings. The number of rotatable bonds is 1. The van der Waals surface area contributed by atoms with Gasteiger partial charge in [0.1, 0.15) is 0 Å². The number of nitrogens with zero attached hydrogens (tertiary/aromatic N) is 2. The van der Waals surface area contributed by atoms with Gasteiger partial charge in [0.2, 0.25) is 5.69 Å². The quantitative estimate of drug-likeness (QED) is 0.645. The molecule has 1 aromatic heterocycles. The van der Waals surface area contributed by atoms with E-state index in [1.54, 1.807) is 44.2 Å². The Bertz CT molecular complexity index is 852. The third-order valence-corrected chi connectivity index (χ3v) is 4.40. The lowest BCUT2D eigenvalue weighted by Gasteiger charge is -2.40. The highest BCUT2D eigenvalue weighted by molar-refractivity contribution is 6.03. The Hall–Kier alpha value is -2.71. The standard InChI is InChI=1S/C18H16N2O3/c1-17(2)11-18(22,15-5-3-4-8-20(15)23)14-9-12(10-19)6-7-13(14)16(17)21/h3-9,22H,11H2,1-2H3. The highest BCUT2D eigenvalue weighted by atomic mass is 16.5. The summed E-state index contributed by atoms with van der Waals surface area (Å²) in [6, 6.07) is 11.4. The number of carbonyl (C=O) groups is 1. The molecular formula is C18H16N2O3. The molecule has 0 bridgehead atoms. The molecule has 1 aliphatic carbocycles. The Kier molecular flexibility index (Phi) is 3.24. The van der Waals surface area contributed by atoms with Crippen LogP contribution in [0.5, 0.6) is 0 Å². The van der Waals surface area contributed by atoms with Gasteiger partial charge in [0.25, 0.3) is 0 Å². The van der Waals surface area contributed by atoms with Gasteiger partial charge in [-0.2, -0.15) is 9.99 Å². The van der Waals surface area contributed by atoms with E-state index in [0.717, 1.165) is 0 Å². The summed E-state index contributed by atoms with van der Waals surface area (Å²) < 4.78 is 0.606. The predicted molar refractivity (Wildman–Crippen MR) is 82.3 cm³/mol. The summed E-state index contributed by atoms with van der Waals surface area (Å²) in [5.41, 5.74) is -1.29. The third kappa shape index (κ3) is 2.19. The maximum absolute atomic E-state index is 12.7. The maximum atomic E-state index is 12.7. The van der Waals surface area contributed by atoms with Crippen molar-refractivity contribution in [3.63, 3.8) is 0 Å². The van der Waals surface area contributed by atoms with E-state index >= 15 is 0 Å². The van der Waals surface area contributed by atoms with Crippen molar-refractivity contribution in [2.45, 2.75) is 25.9 Å². The number of ketones is 1. The monoisotopic (exact) mass is 308 g/mol. The number of hydrogen-bond donors (Lipinski definition) is 1. The summed E-state index contributed by atoms with van der Waals surface area (Å²) in [5.74, 6) is -0.102. The number of aliphatic hydroxyl groups is 1. The number of Topliss-reactive ketones (excluding diaryl/α,β-unsaturated/α-hetero) is 1. The zero-order chi connectivity index (χ0) is 16.8. The van der Waals surface area contributed by atoms with Gasteiger partial charge in [-0.05, 0) is 24.3 Å².